The highest BCUT2D eigenvalue weighted by molar-refractivity contribution is 5.81. The van der Waals surface area contributed by atoms with Gasteiger partial charge in [-0.1, -0.05) is 13.0 Å². The molecule has 84 valence electrons. The summed E-state index contributed by atoms with van der Waals surface area (Å²) in [6, 6.07) is 5.69. The number of carbonyl (C=O) groups is 1. The fraction of sp³-hybridized carbons (Fsp3) is 0.308. The number of hydrogen-bond acceptors (Lipinski definition) is 3. The van der Waals surface area contributed by atoms with E-state index in [0.29, 0.717) is 13.2 Å². The van der Waals surface area contributed by atoms with E-state index < -0.39 is 0 Å². The Morgan fingerprint density at radius 2 is 2.06 bits per heavy atom. The first kappa shape index (κ1) is 10.7. The number of benzene rings is 1. The van der Waals surface area contributed by atoms with Gasteiger partial charge in [0.2, 0.25) is 0 Å². The number of ether oxygens (including phenoxy) is 2. The first-order valence-corrected chi connectivity index (χ1v) is 5.39. The van der Waals surface area contributed by atoms with Crippen molar-refractivity contribution < 1.29 is 14.3 Å². The topological polar surface area (TPSA) is 35.5 Å². The van der Waals surface area contributed by atoms with Crippen LogP contribution in [0.4, 0.5) is 0 Å². The molecule has 3 nitrogen and oxygen atoms in total. The maximum atomic E-state index is 10.7. The largest absolute Gasteiger partial charge is 0.486 e. The van der Waals surface area contributed by atoms with Crippen molar-refractivity contribution in [2.24, 2.45) is 0 Å². The number of hydrogen-bond donors (Lipinski definition) is 0. The quantitative estimate of drug-likeness (QED) is 0.577. The van der Waals surface area contributed by atoms with Gasteiger partial charge in [-0.2, -0.15) is 0 Å². The van der Waals surface area contributed by atoms with E-state index in [1.807, 2.05) is 31.2 Å². The summed E-state index contributed by atoms with van der Waals surface area (Å²) in [5.74, 6) is 1.52. The van der Waals surface area contributed by atoms with Crippen molar-refractivity contribution in [3.63, 3.8) is 0 Å². The van der Waals surface area contributed by atoms with Crippen LogP contribution in [0.5, 0.6) is 11.5 Å². The maximum Gasteiger partial charge on any atom is 0.161 e. The zero-order chi connectivity index (χ0) is 11.4. The van der Waals surface area contributed by atoms with Crippen molar-refractivity contribution in [2.45, 2.75) is 13.3 Å². The first-order valence-electron chi connectivity index (χ1n) is 5.39. The lowest BCUT2D eigenvalue weighted by Gasteiger charge is -2.18. The molecule has 0 amide bonds. The molecule has 0 saturated heterocycles. The van der Waals surface area contributed by atoms with Crippen molar-refractivity contribution in [3.8, 4) is 11.5 Å². The molecule has 3 heteroatoms. The molecule has 0 radical (unpaired) electrons. The zero-order valence-electron chi connectivity index (χ0n) is 9.23. The van der Waals surface area contributed by atoms with Crippen LogP contribution in [-0.4, -0.2) is 19.5 Å². The summed E-state index contributed by atoms with van der Waals surface area (Å²) in [5.41, 5.74) is 1.74. The van der Waals surface area contributed by atoms with Crippen LogP contribution in [0.1, 0.15) is 18.9 Å². The molecule has 0 saturated carbocycles. The van der Waals surface area contributed by atoms with E-state index in [4.69, 9.17) is 9.47 Å². The molecular formula is C13H14O3. The van der Waals surface area contributed by atoms with E-state index in [-0.39, 0.29) is 0 Å². The van der Waals surface area contributed by atoms with Gasteiger partial charge in [0, 0.05) is 0 Å². The second-order valence-corrected chi connectivity index (χ2v) is 3.59. The van der Waals surface area contributed by atoms with Crippen LogP contribution in [0.2, 0.25) is 0 Å². The second kappa shape index (κ2) is 4.84. The van der Waals surface area contributed by atoms with Crippen LogP contribution in [0.25, 0.3) is 6.08 Å². The Morgan fingerprint density at radius 1 is 1.31 bits per heavy atom. The average Bonchev–Trinajstić information content (AvgIpc) is 2.35. The molecule has 1 aliphatic heterocycles. The summed E-state index contributed by atoms with van der Waals surface area (Å²) in [6.45, 7) is 3.13. The molecule has 1 heterocycles. The van der Waals surface area contributed by atoms with Gasteiger partial charge in [-0.25, -0.2) is 0 Å². The van der Waals surface area contributed by atoms with E-state index in [1.54, 1.807) is 0 Å². The van der Waals surface area contributed by atoms with Gasteiger partial charge in [0.15, 0.2) is 11.5 Å². The minimum atomic E-state index is 0.578. The molecule has 0 unspecified atom stereocenters. The lowest BCUT2D eigenvalue weighted by molar-refractivity contribution is -0.104. The Balaban J connectivity index is 2.29. The normalized spacial score (nSPS) is 14.7. The highest BCUT2D eigenvalue weighted by atomic mass is 16.6. The molecule has 0 fully saturated rings. The van der Waals surface area contributed by atoms with E-state index in [0.717, 1.165) is 35.3 Å². The minimum Gasteiger partial charge on any atom is -0.486 e. The van der Waals surface area contributed by atoms with Crippen LogP contribution in [0.15, 0.2) is 23.8 Å². The third kappa shape index (κ3) is 2.24. The summed E-state index contributed by atoms with van der Waals surface area (Å²) in [6.07, 6.45) is 3.49. The van der Waals surface area contributed by atoms with Gasteiger partial charge in [0.1, 0.15) is 19.5 Å². The van der Waals surface area contributed by atoms with Crippen LogP contribution in [0, 0.1) is 0 Å². The van der Waals surface area contributed by atoms with Crippen molar-refractivity contribution >= 4 is 12.4 Å². The minimum absolute atomic E-state index is 0.578. The van der Waals surface area contributed by atoms with Crippen LogP contribution < -0.4 is 9.47 Å². The molecule has 0 spiro atoms. The Kier molecular flexibility index (Phi) is 3.25. The molecule has 2 rings (SSSR count). The van der Waals surface area contributed by atoms with E-state index in [2.05, 4.69) is 0 Å². The Morgan fingerprint density at radius 3 is 2.75 bits per heavy atom. The monoisotopic (exact) mass is 218 g/mol. The molecule has 0 aliphatic carbocycles. The van der Waals surface area contributed by atoms with E-state index >= 15 is 0 Å². The highest BCUT2D eigenvalue weighted by Crippen LogP contribution is 2.31. The van der Waals surface area contributed by atoms with E-state index in [9.17, 15) is 4.79 Å². The third-order valence-electron chi connectivity index (χ3n) is 2.48. The molecule has 16 heavy (non-hydrogen) atoms. The van der Waals surface area contributed by atoms with Gasteiger partial charge in [0.25, 0.3) is 0 Å². The molecule has 0 bridgehead atoms. The molecule has 1 aromatic carbocycles. The van der Waals surface area contributed by atoms with Crippen molar-refractivity contribution in [1.29, 1.82) is 0 Å². The average molecular weight is 218 g/mol. The van der Waals surface area contributed by atoms with Crippen molar-refractivity contribution in [2.75, 3.05) is 13.2 Å². The number of fused-ring (bicyclic) bond motifs is 1. The van der Waals surface area contributed by atoms with Crippen LogP contribution in [0.3, 0.4) is 0 Å². The summed E-state index contributed by atoms with van der Waals surface area (Å²) in [7, 11) is 0. The molecule has 1 aliphatic rings. The summed E-state index contributed by atoms with van der Waals surface area (Å²) in [4.78, 5) is 10.7. The molecule has 0 N–H and O–H groups in total. The van der Waals surface area contributed by atoms with E-state index in [1.165, 1.54) is 0 Å². The van der Waals surface area contributed by atoms with Gasteiger partial charge < -0.3 is 9.47 Å². The summed E-state index contributed by atoms with van der Waals surface area (Å²) < 4.78 is 10.9. The Bertz CT molecular complexity index is 421. The fourth-order valence-electron chi connectivity index (χ4n) is 1.58. The zero-order valence-corrected chi connectivity index (χ0v) is 9.23. The molecular weight excluding hydrogens is 204 g/mol. The number of aldehydes is 1. The summed E-state index contributed by atoms with van der Waals surface area (Å²) >= 11 is 0. The smallest absolute Gasteiger partial charge is 0.161 e. The lowest BCUT2D eigenvalue weighted by atomic mass is 10.1. The maximum absolute atomic E-state index is 10.7. The van der Waals surface area contributed by atoms with Crippen molar-refractivity contribution in [1.82, 2.24) is 0 Å². The Labute approximate surface area is 94.7 Å². The van der Waals surface area contributed by atoms with Crippen LogP contribution >= 0.6 is 0 Å². The lowest BCUT2D eigenvalue weighted by Crippen LogP contribution is -2.15. The molecule has 0 atom stereocenters. The van der Waals surface area contributed by atoms with Gasteiger partial charge in [0.05, 0.1) is 0 Å². The SMILES string of the molecule is CCC(C=O)=Cc1ccc2c(c1)OCCO2. The molecule has 0 aromatic heterocycles. The second-order valence-electron chi connectivity index (χ2n) is 3.59. The number of allylic oxidation sites excluding steroid dienone is 1. The molecule has 1 aromatic rings. The Hall–Kier alpha value is -1.77. The van der Waals surface area contributed by atoms with Crippen LogP contribution in [-0.2, 0) is 4.79 Å². The van der Waals surface area contributed by atoms with Crippen molar-refractivity contribution in [3.05, 3.63) is 29.3 Å². The fourth-order valence-corrected chi connectivity index (χ4v) is 1.58. The van der Waals surface area contributed by atoms with Gasteiger partial charge in [-0.15, -0.1) is 0 Å². The highest BCUT2D eigenvalue weighted by Gasteiger charge is 2.10. The van der Waals surface area contributed by atoms with Gasteiger partial charge in [-0.05, 0) is 35.8 Å². The predicted molar refractivity (Wildman–Crippen MR) is 61.8 cm³/mol. The predicted octanol–water partition coefficient (Wildman–Crippen LogP) is 2.45. The summed E-state index contributed by atoms with van der Waals surface area (Å²) in [5, 5.41) is 0. The standard InChI is InChI=1S/C13H14O3/c1-2-10(9-14)7-11-3-4-12-13(8-11)16-6-5-15-12/h3-4,7-9H,2,5-6H2,1H3. The van der Waals surface area contributed by atoms with Gasteiger partial charge >= 0.3 is 0 Å². The number of rotatable bonds is 3. The number of carbonyl (C=O) groups excluding carboxylic acids is 1. The first-order chi connectivity index (χ1) is 7.83. The third-order valence-corrected chi connectivity index (χ3v) is 2.48. The van der Waals surface area contributed by atoms with Gasteiger partial charge in [-0.3, -0.25) is 4.79 Å².